The van der Waals surface area contributed by atoms with Crippen molar-refractivity contribution in [2.75, 3.05) is 0 Å². The van der Waals surface area contributed by atoms with Crippen LogP contribution in [0.3, 0.4) is 0 Å². The minimum absolute atomic E-state index is 0. The molecule has 79 heavy (non-hydrogen) atoms. The van der Waals surface area contributed by atoms with Crippen LogP contribution in [0.2, 0.25) is 0 Å². The quantitative estimate of drug-likeness (QED) is 0.0949. The smallest absolute Gasteiger partial charge is 0.479 e. The zero-order chi connectivity index (χ0) is 51.7. The molecule has 0 spiro atoms. The van der Waals surface area contributed by atoms with Crippen molar-refractivity contribution in [3.63, 3.8) is 0 Å². The molecule has 0 atom stereocenters. The zero-order valence-corrected chi connectivity index (χ0v) is 47.4. The van der Waals surface area contributed by atoms with Gasteiger partial charge in [0.1, 0.15) is 0 Å². The summed E-state index contributed by atoms with van der Waals surface area (Å²) >= 11 is 0. The Bertz CT molecular complexity index is 4190. The van der Waals surface area contributed by atoms with Gasteiger partial charge in [0.15, 0.2) is 0 Å². The number of hydrogen-bond donors (Lipinski definition) is 0. The number of aryl methyl sites for hydroxylation is 2. The molecule has 378 valence electrons. The summed E-state index contributed by atoms with van der Waals surface area (Å²) in [6, 6.07) is 87.4. The van der Waals surface area contributed by atoms with Crippen LogP contribution in [-0.2, 0) is 41.2 Å². The van der Waals surface area contributed by atoms with Gasteiger partial charge in [-0.25, -0.2) is 17.7 Å². The Morgan fingerprint density at radius 1 is 0.392 bits per heavy atom. The summed E-state index contributed by atoms with van der Waals surface area (Å²) in [7, 11) is 0. The molecule has 8 heteroatoms. The summed E-state index contributed by atoms with van der Waals surface area (Å²) in [5.41, 5.74) is 19.8. The predicted molar refractivity (Wildman–Crippen MR) is 310 cm³/mol. The van der Waals surface area contributed by atoms with Gasteiger partial charge in [-0.1, -0.05) is 129 Å². The monoisotopic (exact) mass is 1370 g/mol. The van der Waals surface area contributed by atoms with Crippen LogP contribution in [0, 0.1) is 44.2 Å². The van der Waals surface area contributed by atoms with Crippen molar-refractivity contribution in [3.05, 3.63) is 273 Å². The van der Waals surface area contributed by atoms with Crippen molar-refractivity contribution in [1.82, 2.24) is 24.9 Å². The standard InChI is InChI=1S/C71H44N5O.Ir.Pt/c1-46-14-11-17-50(36-46)67-33-30-53(42-72-67)60-21-5-7-23-62(60)55-38-56(63-24-8-6-22-61(63)54-31-34-68(73-43-54)51-18-12-15-47(2)37-51)40-57(39-55)64-25-9-10-26-65(64)58-44-74-71(75-45-58)52-19-13-20-59(41-52)77-69-35-32-49-29-28-48-16-3-4-27-66(48)70(49)76-69;;/h3-16,20-26,28-40,42-45H,1-2H3;;/q-5;+3;+2. The van der Waals surface area contributed by atoms with Crippen LogP contribution >= 0.6 is 0 Å². The fourth-order valence-corrected chi connectivity index (χ4v) is 10.0. The summed E-state index contributed by atoms with van der Waals surface area (Å²) in [4.78, 5) is 24.6. The molecule has 13 rings (SSSR count). The SMILES string of the molecule is Cc1cc[c-]c(-c2ccc(-c3ccccc3-c3cc(-c4ccccc4-c4ccc(-c5[c-]ccc(C)c5)nc4)cc(-c4ccccc4-c4cnc(-c5[c-]ccc(Oc6ccc7ccc8ccc[c-]c8c7n6)[c-]5)nc4)c3)cn2)c1.[Ir+3].[Pt+2]. The molecule has 0 saturated heterocycles. The van der Waals surface area contributed by atoms with E-state index in [0.29, 0.717) is 23.0 Å². The summed E-state index contributed by atoms with van der Waals surface area (Å²) in [6.07, 6.45) is 7.68. The van der Waals surface area contributed by atoms with Crippen molar-refractivity contribution < 1.29 is 45.9 Å². The average molecular weight is 1370 g/mol. The van der Waals surface area contributed by atoms with Gasteiger partial charge in [-0.2, -0.15) is 6.07 Å². The third kappa shape index (κ3) is 10.9. The second-order valence-electron chi connectivity index (χ2n) is 19.0. The molecule has 0 fully saturated rings. The van der Waals surface area contributed by atoms with Crippen molar-refractivity contribution in [2.24, 2.45) is 0 Å². The van der Waals surface area contributed by atoms with Crippen LogP contribution in [0.1, 0.15) is 11.1 Å². The maximum Gasteiger partial charge on any atom is 3.00 e. The summed E-state index contributed by atoms with van der Waals surface area (Å²) in [6.45, 7) is 4.18. The molecule has 0 aliphatic heterocycles. The van der Waals surface area contributed by atoms with E-state index in [4.69, 9.17) is 29.7 Å². The van der Waals surface area contributed by atoms with Gasteiger partial charge in [0, 0.05) is 30.4 Å². The molecular weight excluding hydrogens is 1330 g/mol. The first-order valence-corrected chi connectivity index (χ1v) is 25.4. The van der Waals surface area contributed by atoms with Crippen molar-refractivity contribution in [2.45, 2.75) is 13.8 Å². The van der Waals surface area contributed by atoms with Crippen LogP contribution in [0.25, 0.3) is 122 Å². The zero-order valence-electron chi connectivity index (χ0n) is 42.7. The van der Waals surface area contributed by atoms with Crippen molar-refractivity contribution in [1.29, 1.82) is 0 Å². The Labute approximate surface area is 487 Å². The number of benzene rings is 9. The number of pyridine rings is 3. The van der Waals surface area contributed by atoms with E-state index in [0.717, 1.165) is 111 Å². The number of rotatable bonds is 11. The molecule has 4 heterocycles. The van der Waals surface area contributed by atoms with E-state index in [9.17, 15) is 0 Å². The van der Waals surface area contributed by atoms with E-state index in [-0.39, 0.29) is 41.2 Å². The second kappa shape index (κ2) is 23.0. The third-order valence-corrected chi connectivity index (χ3v) is 13.8. The number of hydrogen-bond acceptors (Lipinski definition) is 6. The molecule has 0 saturated carbocycles. The van der Waals surface area contributed by atoms with Crippen LogP contribution in [0.5, 0.6) is 11.6 Å². The average Bonchev–Trinajstić information content (AvgIpc) is 3.57. The van der Waals surface area contributed by atoms with Crippen LogP contribution in [-0.4, -0.2) is 24.9 Å². The van der Waals surface area contributed by atoms with E-state index in [1.165, 1.54) is 11.1 Å². The van der Waals surface area contributed by atoms with Gasteiger partial charge in [0.05, 0.1) is 0 Å². The molecule has 0 N–H and O–H groups in total. The van der Waals surface area contributed by atoms with Gasteiger partial charge in [-0.3, -0.25) is 11.1 Å². The van der Waals surface area contributed by atoms with E-state index < -0.39 is 0 Å². The largest absolute Gasteiger partial charge is 3.00 e. The molecule has 0 radical (unpaired) electrons. The first-order valence-electron chi connectivity index (χ1n) is 25.4. The number of ether oxygens (including phenoxy) is 1. The van der Waals surface area contributed by atoms with Crippen LogP contribution < -0.4 is 4.74 Å². The van der Waals surface area contributed by atoms with Crippen molar-refractivity contribution in [3.8, 4) is 112 Å². The van der Waals surface area contributed by atoms with Gasteiger partial charge in [-0.15, -0.1) is 106 Å². The minimum atomic E-state index is 0. The topological polar surface area (TPSA) is 73.7 Å². The van der Waals surface area contributed by atoms with Gasteiger partial charge < -0.3 is 24.7 Å². The van der Waals surface area contributed by atoms with E-state index in [2.05, 4.69) is 202 Å². The van der Waals surface area contributed by atoms with Gasteiger partial charge in [0.25, 0.3) is 0 Å². The number of nitrogens with zero attached hydrogens (tertiary/aromatic N) is 5. The Balaban J connectivity index is 0.00000330. The molecule has 9 aromatic carbocycles. The van der Waals surface area contributed by atoms with Gasteiger partial charge in [0.2, 0.25) is 5.88 Å². The fraction of sp³-hybridized carbons (Fsp3) is 0.0282. The maximum atomic E-state index is 6.29. The molecule has 13 aromatic rings. The second-order valence-corrected chi connectivity index (χ2v) is 19.0. The molecule has 0 unspecified atom stereocenters. The third-order valence-electron chi connectivity index (χ3n) is 13.8. The van der Waals surface area contributed by atoms with E-state index in [1.54, 1.807) is 6.07 Å². The minimum Gasteiger partial charge on any atom is -0.479 e. The maximum absolute atomic E-state index is 6.29. The first kappa shape index (κ1) is 52.2. The summed E-state index contributed by atoms with van der Waals surface area (Å²) < 4.78 is 6.29. The van der Waals surface area contributed by atoms with Crippen LogP contribution in [0.4, 0.5) is 0 Å². The van der Waals surface area contributed by atoms with E-state index >= 15 is 0 Å². The molecule has 4 aromatic heterocycles. The summed E-state index contributed by atoms with van der Waals surface area (Å²) in [5, 5.41) is 3.03. The van der Waals surface area contributed by atoms with Gasteiger partial charge in [-0.05, 0) is 119 Å². The predicted octanol–water partition coefficient (Wildman–Crippen LogP) is 17.4. The van der Waals surface area contributed by atoms with Crippen LogP contribution in [0.15, 0.2) is 231 Å². The Morgan fingerprint density at radius 3 is 1.39 bits per heavy atom. The molecule has 0 aliphatic carbocycles. The number of aromatic nitrogens is 5. The first-order chi connectivity index (χ1) is 37.9. The Morgan fingerprint density at radius 2 is 0.873 bits per heavy atom. The summed E-state index contributed by atoms with van der Waals surface area (Å²) in [5.74, 6) is 1.41. The van der Waals surface area contributed by atoms with Crippen molar-refractivity contribution >= 4 is 21.7 Å². The number of fused-ring (bicyclic) bond motifs is 3. The van der Waals surface area contributed by atoms with Gasteiger partial charge >= 0.3 is 41.2 Å². The molecule has 0 amide bonds. The van der Waals surface area contributed by atoms with E-state index in [1.807, 2.05) is 67.3 Å². The Hall–Kier alpha value is -8.83. The fourth-order valence-electron chi connectivity index (χ4n) is 10.0. The molecular formula is C71H44IrN5OPt. The molecule has 0 bridgehead atoms. The molecule has 6 nitrogen and oxygen atoms in total. The normalized spacial score (nSPS) is 11.0. The Kier molecular flexibility index (Phi) is 15.2. The molecule has 0 aliphatic rings.